The molecule has 6 aliphatic rings. The lowest BCUT2D eigenvalue weighted by Gasteiger charge is -2.45. The molecule has 11 heteroatoms. The molecule has 248 valence electrons. The fourth-order valence-electron chi connectivity index (χ4n) is 7.53. The minimum absolute atomic E-state index is 0.0952. The molecule has 1 aliphatic carbocycles. The van der Waals surface area contributed by atoms with Gasteiger partial charge < -0.3 is 25.3 Å². The van der Waals surface area contributed by atoms with E-state index in [9.17, 15) is 22.8 Å². The van der Waals surface area contributed by atoms with Crippen molar-refractivity contribution in [2.75, 3.05) is 39.3 Å². The maximum absolute atomic E-state index is 13.5. The van der Waals surface area contributed by atoms with Crippen LogP contribution < -0.4 is 10.6 Å². The Morgan fingerprint density at radius 3 is 2.59 bits per heavy atom. The minimum Gasteiger partial charge on any atom is -0.344 e. The lowest BCUT2D eigenvalue weighted by atomic mass is 9.73. The molecule has 0 aromatic heterocycles. The Bertz CT molecular complexity index is 1420. The van der Waals surface area contributed by atoms with Crippen LogP contribution in [0.25, 0.3) is 0 Å². The number of carbonyl (C=O) groups excluding carboxylic acids is 2. The summed E-state index contributed by atoms with van der Waals surface area (Å²) in [5, 5.41) is 6.99. The van der Waals surface area contributed by atoms with E-state index in [-0.39, 0.29) is 23.9 Å². The molecule has 2 saturated heterocycles. The van der Waals surface area contributed by atoms with Gasteiger partial charge in [0.1, 0.15) is 11.7 Å². The summed E-state index contributed by atoms with van der Waals surface area (Å²) in [5.41, 5.74) is 4.17. The summed E-state index contributed by atoms with van der Waals surface area (Å²) in [6, 6.07) is 0.0952. The fourth-order valence-corrected chi connectivity index (χ4v) is 7.53. The van der Waals surface area contributed by atoms with Crippen molar-refractivity contribution >= 4 is 17.6 Å². The highest BCUT2D eigenvalue weighted by molar-refractivity contribution is 6.05. The minimum atomic E-state index is -4.34. The van der Waals surface area contributed by atoms with Crippen molar-refractivity contribution in [2.45, 2.75) is 83.4 Å². The zero-order valence-electron chi connectivity index (χ0n) is 26.7. The molecular formula is C35H45F3N6O2. The number of likely N-dealkylation sites (tertiary alicyclic amines) is 1. The Balaban J connectivity index is 1.11. The van der Waals surface area contributed by atoms with Crippen LogP contribution >= 0.6 is 0 Å². The lowest BCUT2D eigenvalue weighted by Crippen LogP contribution is -2.50. The van der Waals surface area contributed by atoms with Crippen LogP contribution in [0.15, 0.2) is 75.9 Å². The molecule has 1 unspecified atom stereocenters. The largest absolute Gasteiger partial charge is 0.389 e. The zero-order valence-corrected chi connectivity index (χ0v) is 26.7. The van der Waals surface area contributed by atoms with Gasteiger partial charge in [-0.3, -0.25) is 9.59 Å². The van der Waals surface area contributed by atoms with E-state index < -0.39 is 24.9 Å². The molecule has 8 nitrogen and oxygen atoms in total. The number of nitrogens with zero attached hydrogens (tertiary/aromatic N) is 4. The predicted octanol–water partition coefficient (Wildman–Crippen LogP) is 5.46. The average molecular weight is 639 g/mol. The number of allylic oxidation sites excluding steroid dienone is 5. The fraction of sp³-hybridized carbons (Fsp3) is 0.571. The van der Waals surface area contributed by atoms with E-state index in [1.807, 2.05) is 36.6 Å². The highest BCUT2D eigenvalue weighted by Crippen LogP contribution is 2.39. The van der Waals surface area contributed by atoms with Gasteiger partial charge in [0.15, 0.2) is 0 Å². The Morgan fingerprint density at radius 1 is 1.07 bits per heavy atom. The van der Waals surface area contributed by atoms with E-state index in [0.717, 1.165) is 92.4 Å². The highest BCUT2D eigenvalue weighted by Gasteiger charge is 2.39. The van der Waals surface area contributed by atoms with Crippen molar-refractivity contribution in [3.05, 3.63) is 70.9 Å². The van der Waals surface area contributed by atoms with Crippen LogP contribution in [0.4, 0.5) is 13.2 Å². The number of rotatable bonds is 7. The molecule has 1 spiro atoms. The molecule has 6 rings (SSSR count). The van der Waals surface area contributed by atoms with Gasteiger partial charge in [-0.25, -0.2) is 4.99 Å². The van der Waals surface area contributed by atoms with E-state index >= 15 is 0 Å². The number of fused-ring (bicyclic) bond motifs is 1. The van der Waals surface area contributed by atoms with Crippen LogP contribution in [0.2, 0.25) is 0 Å². The molecule has 2 amide bonds. The molecule has 2 N–H and O–H groups in total. The molecule has 1 atom stereocenters. The number of halogens is 3. The molecule has 2 fully saturated rings. The van der Waals surface area contributed by atoms with Crippen molar-refractivity contribution in [1.82, 2.24) is 25.3 Å². The Labute approximate surface area is 269 Å². The van der Waals surface area contributed by atoms with Gasteiger partial charge in [-0.1, -0.05) is 19.1 Å². The molecule has 0 aromatic carbocycles. The number of nitrogens with one attached hydrogen (secondary N) is 2. The molecule has 5 heterocycles. The second-order valence-corrected chi connectivity index (χ2v) is 13.3. The van der Waals surface area contributed by atoms with Gasteiger partial charge >= 0.3 is 6.18 Å². The summed E-state index contributed by atoms with van der Waals surface area (Å²) in [4.78, 5) is 36.6. The number of alkyl halides is 3. The number of hydrogen-bond donors (Lipinski definition) is 2. The first-order valence-corrected chi connectivity index (χ1v) is 16.8. The molecular weight excluding hydrogens is 593 g/mol. The van der Waals surface area contributed by atoms with Gasteiger partial charge in [0.2, 0.25) is 11.8 Å². The van der Waals surface area contributed by atoms with Gasteiger partial charge in [0.05, 0.1) is 12.5 Å². The Kier molecular flexibility index (Phi) is 9.59. The zero-order chi connectivity index (χ0) is 32.3. The van der Waals surface area contributed by atoms with Crippen LogP contribution in [0.5, 0.6) is 0 Å². The SMILES string of the molecule is CCC1C=C(NC2=CC=C(C(=O)N3CCCC4(CCNCC4)C3)CC2)N=C2C(C3=CCN(C(=O)CCC(F)(F)F)CC3)=CC=CN21. The van der Waals surface area contributed by atoms with Gasteiger partial charge in [-0.2, -0.15) is 13.2 Å². The van der Waals surface area contributed by atoms with E-state index in [1.54, 1.807) is 0 Å². The van der Waals surface area contributed by atoms with Crippen LogP contribution in [0.1, 0.15) is 71.1 Å². The highest BCUT2D eigenvalue weighted by atomic mass is 19.4. The second-order valence-electron chi connectivity index (χ2n) is 13.3. The summed E-state index contributed by atoms with van der Waals surface area (Å²) in [7, 11) is 0. The number of amidine groups is 1. The van der Waals surface area contributed by atoms with Crippen molar-refractivity contribution in [3.63, 3.8) is 0 Å². The summed E-state index contributed by atoms with van der Waals surface area (Å²) >= 11 is 0. The molecule has 0 bridgehead atoms. The van der Waals surface area contributed by atoms with Crippen LogP contribution in [0.3, 0.4) is 0 Å². The number of aliphatic imine (C=N–C) groups is 1. The molecule has 0 aromatic rings. The van der Waals surface area contributed by atoms with Gasteiger partial charge in [-0.05, 0) is 99.7 Å². The predicted molar refractivity (Wildman–Crippen MR) is 172 cm³/mol. The molecule has 5 aliphatic heterocycles. The first-order chi connectivity index (χ1) is 22.1. The third kappa shape index (κ3) is 7.35. The standard InChI is InChI=1S/C35H45F3N6O2/c1-2-28-23-30(40-27-8-6-26(7-9-27)33(46)43-19-4-13-34(24-43)15-17-39-18-16-34)41-32-29(5-3-20-44(28)32)25-11-21-42(22-12-25)31(45)10-14-35(36,37)38/h3,5-6,8,11,20,23,28,39-40H,2,4,7,9-10,12-19,21-22,24H2,1H3. The first-order valence-electron chi connectivity index (χ1n) is 16.8. The Morgan fingerprint density at radius 2 is 1.89 bits per heavy atom. The summed E-state index contributed by atoms with van der Waals surface area (Å²) in [6.07, 6.45) is 15.6. The maximum atomic E-state index is 13.5. The van der Waals surface area contributed by atoms with E-state index in [0.29, 0.717) is 19.4 Å². The van der Waals surface area contributed by atoms with Crippen molar-refractivity contribution in [1.29, 1.82) is 0 Å². The lowest BCUT2D eigenvalue weighted by molar-refractivity contribution is -0.148. The van der Waals surface area contributed by atoms with E-state index in [4.69, 9.17) is 4.99 Å². The summed E-state index contributed by atoms with van der Waals surface area (Å²) in [5.74, 6) is 1.29. The monoisotopic (exact) mass is 638 g/mol. The van der Waals surface area contributed by atoms with E-state index in [1.165, 1.54) is 11.3 Å². The smallest absolute Gasteiger partial charge is 0.344 e. The topological polar surface area (TPSA) is 80.3 Å². The molecule has 46 heavy (non-hydrogen) atoms. The third-order valence-electron chi connectivity index (χ3n) is 10.2. The van der Waals surface area contributed by atoms with Crippen LogP contribution in [-0.2, 0) is 9.59 Å². The van der Waals surface area contributed by atoms with Crippen molar-refractivity contribution in [3.8, 4) is 0 Å². The van der Waals surface area contributed by atoms with Gasteiger partial charge in [0, 0.05) is 55.6 Å². The summed E-state index contributed by atoms with van der Waals surface area (Å²) < 4.78 is 37.9. The normalized spacial score (nSPS) is 24.7. The molecule has 0 saturated carbocycles. The number of amides is 2. The van der Waals surface area contributed by atoms with E-state index in [2.05, 4.69) is 33.4 Å². The maximum Gasteiger partial charge on any atom is 0.389 e. The molecule has 0 radical (unpaired) electrons. The number of piperidine rings is 2. The van der Waals surface area contributed by atoms with Crippen LogP contribution in [-0.4, -0.2) is 83.8 Å². The van der Waals surface area contributed by atoms with Crippen molar-refractivity contribution < 1.29 is 22.8 Å². The van der Waals surface area contributed by atoms with Gasteiger partial charge in [0.25, 0.3) is 0 Å². The number of carbonyl (C=O) groups is 2. The number of hydrogen-bond acceptors (Lipinski definition) is 6. The average Bonchev–Trinajstić information content (AvgIpc) is 3.06. The second kappa shape index (κ2) is 13.6. The Hall–Kier alpha value is -3.60. The van der Waals surface area contributed by atoms with Gasteiger partial charge in [-0.15, -0.1) is 0 Å². The van der Waals surface area contributed by atoms with Crippen molar-refractivity contribution in [2.24, 2.45) is 10.4 Å². The quantitative estimate of drug-likeness (QED) is 0.387. The third-order valence-corrected chi connectivity index (χ3v) is 10.2. The first kappa shape index (κ1) is 32.3. The summed E-state index contributed by atoms with van der Waals surface area (Å²) in [6.45, 7) is 6.58. The van der Waals surface area contributed by atoms with Crippen LogP contribution in [0, 0.1) is 5.41 Å².